The van der Waals surface area contributed by atoms with Crippen molar-refractivity contribution in [2.75, 3.05) is 6.61 Å². The molecule has 2 nitrogen and oxygen atoms in total. The Morgan fingerprint density at radius 3 is 2.68 bits per heavy atom. The van der Waals surface area contributed by atoms with Gasteiger partial charge in [0.2, 0.25) is 0 Å². The Morgan fingerprint density at radius 2 is 2.00 bits per heavy atom. The fourth-order valence-corrected chi connectivity index (χ4v) is 2.11. The lowest BCUT2D eigenvalue weighted by molar-refractivity contribution is 0.321. The summed E-state index contributed by atoms with van der Waals surface area (Å²) in [7, 11) is 0. The van der Waals surface area contributed by atoms with E-state index in [2.05, 4.69) is 30.8 Å². The van der Waals surface area contributed by atoms with E-state index in [0.717, 1.165) is 28.7 Å². The van der Waals surface area contributed by atoms with Gasteiger partial charge in [-0.2, -0.15) is 0 Å². The van der Waals surface area contributed by atoms with E-state index < -0.39 is 0 Å². The van der Waals surface area contributed by atoms with Crippen LogP contribution in [-0.4, -0.2) is 6.61 Å². The second-order valence-electron chi connectivity index (χ2n) is 5.05. The molecule has 0 aliphatic rings. The summed E-state index contributed by atoms with van der Waals surface area (Å²) in [5.41, 5.74) is 8.22. The van der Waals surface area contributed by atoms with Crippen LogP contribution in [0.25, 0.3) is 10.8 Å². The maximum Gasteiger partial charge on any atom is 0.131 e. The molecule has 2 N–H and O–H groups in total. The lowest BCUT2D eigenvalue weighted by atomic mass is 10.0. The van der Waals surface area contributed by atoms with Crippen molar-refractivity contribution in [3.05, 3.63) is 54.1 Å². The minimum Gasteiger partial charge on any atom is -0.492 e. The van der Waals surface area contributed by atoms with Gasteiger partial charge >= 0.3 is 0 Å². The van der Waals surface area contributed by atoms with Crippen LogP contribution in [0.1, 0.15) is 31.9 Å². The van der Waals surface area contributed by atoms with Crippen molar-refractivity contribution in [2.24, 2.45) is 5.73 Å². The molecule has 0 fully saturated rings. The number of hydrogen-bond donors (Lipinski definition) is 1. The van der Waals surface area contributed by atoms with Gasteiger partial charge in [0.15, 0.2) is 0 Å². The largest absolute Gasteiger partial charge is 0.492 e. The molecular weight excluding hydrogens is 234 g/mol. The van der Waals surface area contributed by atoms with E-state index in [-0.39, 0.29) is 6.04 Å². The zero-order valence-corrected chi connectivity index (χ0v) is 11.6. The molecule has 2 rings (SSSR count). The van der Waals surface area contributed by atoms with Crippen molar-refractivity contribution in [3.63, 3.8) is 0 Å². The Balaban J connectivity index is 2.40. The molecule has 1 atom stereocenters. The molecule has 2 heteroatoms. The van der Waals surface area contributed by atoms with Gasteiger partial charge in [-0.15, -0.1) is 6.58 Å². The third-order valence-electron chi connectivity index (χ3n) is 3.18. The molecule has 0 bridgehead atoms. The SMILES string of the molecule is C=C(C)CCOc1c([C@@H](C)N)ccc2ccccc12. The van der Waals surface area contributed by atoms with Gasteiger partial charge in [0.25, 0.3) is 0 Å². The lowest BCUT2D eigenvalue weighted by Gasteiger charge is -2.16. The van der Waals surface area contributed by atoms with E-state index >= 15 is 0 Å². The summed E-state index contributed by atoms with van der Waals surface area (Å²) in [6, 6.07) is 12.3. The summed E-state index contributed by atoms with van der Waals surface area (Å²) in [6.45, 7) is 8.54. The fourth-order valence-electron chi connectivity index (χ4n) is 2.11. The van der Waals surface area contributed by atoms with Gasteiger partial charge in [0, 0.05) is 23.4 Å². The van der Waals surface area contributed by atoms with Crippen molar-refractivity contribution in [3.8, 4) is 5.75 Å². The van der Waals surface area contributed by atoms with Crippen LogP contribution < -0.4 is 10.5 Å². The van der Waals surface area contributed by atoms with Crippen LogP contribution in [0.2, 0.25) is 0 Å². The third kappa shape index (κ3) is 3.15. The first-order chi connectivity index (χ1) is 9.09. The average molecular weight is 255 g/mol. The summed E-state index contributed by atoms with van der Waals surface area (Å²) in [5.74, 6) is 0.911. The molecule has 19 heavy (non-hydrogen) atoms. The Kier molecular flexibility index (Phi) is 4.23. The molecule has 0 aromatic heterocycles. The van der Waals surface area contributed by atoms with Crippen LogP contribution in [0.4, 0.5) is 0 Å². The maximum atomic E-state index is 6.04. The summed E-state index contributed by atoms with van der Waals surface area (Å²) >= 11 is 0. The highest BCUT2D eigenvalue weighted by molar-refractivity contribution is 5.89. The van der Waals surface area contributed by atoms with Gasteiger partial charge in [-0.3, -0.25) is 0 Å². The summed E-state index contributed by atoms with van der Waals surface area (Å²) in [6.07, 6.45) is 0.863. The summed E-state index contributed by atoms with van der Waals surface area (Å²) in [5, 5.41) is 2.30. The molecule has 0 aliphatic heterocycles. The standard InChI is InChI=1S/C17H21NO/c1-12(2)10-11-19-17-15(13(3)18)9-8-14-6-4-5-7-16(14)17/h4-9,13H,1,10-11,18H2,2-3H3/t13-/m1/s1. The predicted octanol–water partition coefficient (Wildman–Crippen LogP) is 4.20. The highest BCUT2D eigenvalue weighted by Crippen LogP contribution is 2.33. The van der Waals surface area contributed by atoms with Gasteiger partial charge in [0.1, 0.15) is 5.75 Å². The number of fused-ring (bicyclic) bond motifs is 1. The average Bonchev–Trinajstić information content (AvgIpc) is 2.38. The first kappa shape index (κ1) is 13.6. The van der Waals surface area contributed by atoms with Gasteiger partial charge in [0.05, 0.1) is 6.61 Å². The van der Waals surface area contributed by atoms with Crippen LogP contribution in [0.5, 0.6) is 5.75 Å². The maximum absolute atomic E-state index is 6.04. The molecule has 0 heterocycles. The minimum atomic E-state index is -0.0376. The number of nitrogens with two attached hydrogens (primary N) is 1. The van der Waals surface area contributed by atoms with E-state index in [9.17, 15) is 0 Å². The number of ether oxygens (including phenoxy) is 1. The predicted molar refractivity (Wildman–Crippen MR) is 81.5 cm³/mol. The minimum absolute atomic E-state index is 0.0376. The molecule has 0 unspecified atom stereocenters. The Labute approximate surface area is 114 Å². The molecule has 0 saturated heterocycles. The summed E-state index contributed by atoms with van der Waals surface area (Å²) in [4.78, 5) is 0. The monoisotopic (exact) mass is 255 g/mol. The van der Waals surface area contributed by atoms with Crippen molar-refractivity contribution in [1.29, 1.82) is 0 Å². The molecular formula is C17H21NO. The molecule has 0 aliphatic carbocycles. The highest BCUT2D eigenvalue weighted by Gasteiger charge is 2.11. The molecule has 0 amide bonds. The Bertz CT molecular complexity index is 587. The Morgan fingerprint density at radius 1 is 1.26 bits per heavy atom. The van der Waals surface area contributed by atoms with Crippen molar-refractivity contribution in [2.45, 2.75) is 26.3 Å². The van der Waals surface area contributed by atoms with Crippen molar-refractivity contribution < 1.29 is 4.74 Å². The normalized spacial score (nSPS) is 12.4. The second-order valence-corrected chi connectivity index (χ2v) is 5.05. The van der Waals surface area contributed by atoms with E-state index in [1.165, 1.54) is 5.39 Å². The highest BCUT2D eigenvalue weighted by atomic mass is 16.5. The second kappa shape index (κ2) is 5.89. The molecule has 0 radical (unpaired) electrons. The molecule has 0 saturated carbocycles. The number of rotatable bonds is 5. The molecule has 2 aromatic rings. The Hall–Kier alpha value is -1.80. The lowest BCUT2D eigenvalue weighted by Crippen LogP contribution is -2.09. The van der Waals surface area contributed by atoms with Crippen molar-refractivity contribution >= 4 is 10.8 Å². The van der Waals surface area contributed by atoms with E-state index in [1.807, 2.05) is 26.0 Å². The molecule has 2 aromatic carbocycles. The van der Waals surface area contributed by atoms with Crippen LogP contribution in [0.15, 0.2) is 48.6 Å². The van der Waals surface area contributed by atoms with E-state index in [0.29, 0.717) is 6.61 Å². The molecule has 100 valence electrons. The molecule has 0 spiro atoms. The number of benzene rings is 2. The van der Waals surface area contributed by atoms with Gasteiger partial charge in [-0.1, -0.05) is 42.0 Å². The smallest absolute Gasteiger partial charge is 0.131 e. The first-order valence-electron chi connectivity index (χ1n) is 6.64. The van der Waals surface area contributed by atoms with Crippen LogP contribution in [-0.2, 0) is 0 Å². The van der Waals surface area contributed by atoms with Gasteiger partial charge < -0.3 is 10.5 Å². The van der Waals surface area contributed by atoms with Crippen molar-refractivity contribution in [1.82, 2.24) is 0 Å². The van der Waals surface area contributed by atoms with Crippen LogP contribution >= 0.6 is 0 Å². The number of hydrogen-bond acceptors (Lipinski definition) is 2. The summed E-state index contributed by atoms with van der Waals surface area (Å²) < 4.78 is 5.98. The zero-order valence-electron chi connectivity index (χ0n) is 11.6. The quantitative estimate of drug-likeness (QED) is 0.812. The van der Waals surface area contributed by atoms with Crippen LogP contribution in [0, 0.1) is 0 Å². The van der Waals surface area contributed by atoms with E-state index in [4.69, 9.17) is 10.5 Å². The topological polar surface area (TPSA) is 35.2 Å². The fraction of sp³-hybridized carbons (Fsp3) is 0.294. The van der Waals surface area contributed by atoms with Gasteiger partial charge in [-0.25, -0.2) is 0 Å². The third-order valence-corrected chi connectivity index (χ3v) is 3.18. The first-order valence-corrected chi connectivity index (χ1v) is 6.64. The zero-order chi connectivity index (χ0) is 13.8. The van der Waals surface area contributed by atoms with Gasteiger partial charge in [-0.05, 0) is 19.2 Å². The van der Waals surface area contributed by atoms with Crippen LogP contribution in [0.3, 0.4) is 0 Å². The van der Waals surface area contributed by atoms with E-state index in [1.54, 1.807) is 0 Å².